The fourth-order valence-corrected chi connectivity index (χ4v) is 4.20. The zero-order valence-corrected chi connectivity index (χ0v) is 13.2. The standard InChI is InChI=1S/C14H20N4O2S/c1-3-4-9-5-6-10(8-15)11(7-9)21-14-16-12(19)13(20)17-18(14)2/h9-11H,3-7H2,1-2H3,(H,17,20). The Morgan fingerprint density at radius 2 is 2.24 bits per heavy atom. The lowest BCUT2D eigenvalue weighted by Crippen LogP contribution is -2.35. The van der Waals surface area contributed by atoms with Crippen LogP contribution in [0.15, 0.2) is 14.7 Å². The Morgan fingerprint density at radius 1 is 1.48 bits per heavy atom. The molecule has 1 heterocycles. The zero-order valence-electron chi connectivity index (χ0n) is 12.3. The van der Waals surface area contributed by atoms with E-state index >= 15 is 0 Å². The molecular formula is C14H20N4O2S. The number of rotatable bonds is 4. The van der Waals surface area contributed by atoms with Gasteiger partial charge in [-0.3, -0.25) is 19.4 Å². The molecule has 3 unspecified atom stereocenters. The molecule has 3 atom stereocenters. The average Bonchev–Trinajstić information content (AvgIpc) is 2.45. The van der Waals surface area contributed by atoms with E-state index in [9.17, 15) is 14.9 Å². The van der Waals surface area contributed by atoms with E-state index in [1.807, 2.05) is 0 Å². The summed E-state index contributed by atoms with van der Waals surface area (Å²) >= 11 is 1.44. The highest BCUT2D eigenvalue weighted by Crippen LogP contribution is 2.40. The molecule has 2 rings (SSSR count). The van der Waals surface area contributed by atoms with Gasteiger partial charge in [0.15, 0.2) is 5.16 Å². The van der Waals surface area contributed by atoms with Crippen molar-refractivity contribution in [3.05, 3.63) is 20.7 Å². The summed E-state index contributed by atoms with van der Waals surface area (Å²) in [6.45, 7) is 2.17. The molecule has 1 N–H and O–H groups in total. The van der Waals surface area contributed by atoms with E-state index in [0.29, 0.717) is 11.1 Å². The van der Waals surface area contributed by atoms with Gasteiger partial charge in [-0.1, -0.05) is 31.5 Å². The number of hydrogen-bond acceptors (Lipinski definition) is 5. The maximum atomic E-state index is 11.4. The SMILES string of the molecule is CCCC1CCC(C#N)C(Sc2nc(=O)c(=O)[nH]n2C)C1. The van der Waals surface area contributed by atoms with Crippen molar-refractivity contribution in [2.24, 2.45) is 18.9 Å². The van der Waals surface area contributed by atoms with Crippen LogP contribution in [0.2, 0.25) is 0 Å². The summed E-state index contributed by atoms with van der Waals surface area (Å²) < 4.78 is 1.46. The van der Waals surface area contributed by atoms with Gasteiger partial charge in [0.25, 0.3) is 0 Å². The summed E-state index contributed by atoms with van der Waals surface area (Å²) in [5.74, 6) is 0.615. The third kappa shape index (κ3) is 3.76. The summed E-state index contributed by atoms with van der Waals surface area (Å²) in [4.78, 5) is 26.5. The van der Waals surface area contributed by atoms with Crippen LogP contribution in [0, 0.1) is 23.2 Å². The second-order valence-corrected chi connectivity index (χ2v) is 6.77. The molecule has 1 saturated carbocycles. The minimum atomic E-state index is -0.773. The summed E-state index contributed by atoms with van der Waals surface area (Å²) in [6, 6.07) is 2.37. The second kappa shape index (κ2) is 6.94. The van der Waals surface area contributed by atoms with Crippen LogP contribution in [-0.4, -0.2) is 20.0 Å². The molecule has 0 spiro atoms. The van der Waals surface area contributed by atoms with Gasteiger partial charge in [0.05, 0.1) is 12.0 Å². The van der Waals surface area contributed by atoms with E-state index in [-0.39, 0.29) is 11.2 Å². The molecule has 114 valence electrons. The third-order valence-electron chi connectivity index (χ3n) is 3.97. The van der Waals surface area contributed by atoms with E-state index in [0.717, 1.165) is 25.7 Å². The van der Waals surface area contributed by atoms with Crippen LogP contribution in [0.1, 0.15) is 39.0 Å². The molecule has 0 amide bonds. The summed E-state index contributed by atoms with van der Waals surface area (Å²) in [5.41, 5.74) is -1.49. The quantitative estimate of drug-likeness (QED) is 0.854. The molecule has 0 aliphatic heterocycles. The van der Waals surface area contributed by atoms with Crippen molar-refractivity contribution >= 4 is 11.8 Å². The predicted octanol–water partition coefficient (Wildman–Crippen LogP) is 1.67. The first-order valence-corrected chi connectivity index (χ1v) is 8.16. The molecule has 1 fully saturated rings. The second-order valence-electron chi connectivity index (χ2n) is 5.56. The van der Waals surface area contributed by atoms with Crippen LogP contribution >= 0.6 is 11.8 Å². The molecule has 6 nitrogen and oxygen atoms in total. The van der Waals surface area contributed by atoms with Crippen molar-refractivity contribution in [1.82, 2.24) is 14.8 Å². The van der Waals surface area contributed by atoms with Crippen molar-refractivity contribution in [1.29, 1.82) is 5.26 Å². The Kier molecular flexibility index (Phi) is 5.23. The highest BCUT2D eigenvalue weighted by atomic mass is 32.2. The van der Waals surface area contributed by atoms with Gasteiger partial charge >= 0.3 is 11.1 Å². The van der Waals surface area contributed by atoms with Crippen LogP contribution < -0.4 is 11.1 Å². The number of aromatic nitrogens is 3. The van der Waals surface area contributed by atoms with Gasteiger partial charge in [-0.2, -0.15) is 10.2 Å². The van der Waals surface area contributed by atoms with E-state index in [1.54, 1.807) is 7.05 Å². The Hall–Kier alpha value is -1.55. The van der Waals surface area contributed by atoms with E-state index in [4.69, 9.17) is 0 Å². The van der Waals surface area contributed by atoms with Gasteiger partial charge in [0.1, 0.15) is 0 Å². The minimum absolute atomic E-state index is 0.0214. The molecule has 1 aliphatic rings. The normalized spacial score (nSPS) is 25.5. The summed E-state index contributed by atoms with van der Waals surface area (Å²) in [6.07, 6.45) is 5.28. The fourth-order valence-electron chi connectivity index (χ4n) is 2.86. The molecule has 7 heteroatoms. The van der Waals surface area contributed by atoms with E-state index in [1.165, 1.54) is 22.9 Å². The van der Waals surface area contributed by atoms with Crippen LogP contribution in [-0.2, 0) is 7.05 Å². The Balaban J connectivity index is 2.19. The van der Waals surface area contributed by atoms with Gasteiger partial charge in [-0.05, 0) is 25.2 Å². The first-order valence-electron chi connectivity index (χ1n) is 7.28. The van der Waals surface area contributed by atoms with Gasteiger partial charge in [0, 0.05) is 12.3 Å². The van der Waals surface area contributed by atoms with E-state index in [2.05, 4.69) is 23.1 Å². The molecule has 1 aliphatic carbocycles. The summed E-state index contributed by atoms with van der Waals surface area (Å²) in [7, 11) is 1.66. The smallest absolute Gasteiger partial charge is 0.265 e. The number of nitrogens with one attached hydrogen (secondary N) is 1. The number of aryl methyl sites for hydroxylation is 1. The van der Waals surface area contributed by atoms with Crippen LogP contribution in [0.4, 0.5) is 0 Å². The monoisotopic (exact) mass is 308 g/mol. The van der Waals surface area contributed by atoms with E-state index < -0.39 is 11.1 Å². The lowest BCUT2D eigenvalue weighted by atomic mass is 9.80. The highest BCUT2D eigenvalue weighted by Gasteiger charge is 2.31. The minimum Gasteiger partial charge on any atom is -0.265 e. The first kappa shape index (κ1) is 15.8. The largest absolute Gasteiger partial charge is 0.339 e. The molecule has 1 aromatic heterocycles. The van der Waals surface area contributed by atoms with Crippen molar-refractivity contribution < 1.29 is 0 Å². The molecule has 0 radical (unpaired) electrons. The molecule has 1 aromatic rings. The van der Waals surface area contributed by atoms with Crippen LogP contribution in [0.25, 0.3) is 0 Å². The van der Waals surface area contributed by atoms with Gasteiger partial charge in [-0.25, -0.2) is 0 Å². The molecule has 0 saturated heterocycles. The Bertz CT molecular complexity index is 646. The average molecular weight is 308 g/mol. The van der Waals surface area contributed by atoms with Crippen molar-refractivity contribution in [3.63, 3.8) is 0 Å². The number of H-pyrrole nitrogens is 1. The number of thioether (sulfide) groups is 1. The van der Waals surface area contributed by atoms with Crippen molar-refractivity contribution in [2.75, 3.05) is 0 Å². The number of nitrogens with zero attached hydrogens (tertiary/aromatic N) is 3. The van der Waals surface area contributed by atoms with Gasteiger partial charge in [0.2, 0.25) is 0 Å². The van der Waals surface area contributed by atoms with Crippen molar-refractivity contribution in [3.8, 4) is 6.07 Å². The molecule has 21 heavy (non-hydrogen) atoms. The molecule has 0 aromatic carbocycles. The summed E-state index contributed by atoms with van der Waals surface area (Å²) in [5, 5.41) is 12.4. The maximum absolute atomic E-state index is 11.4. The van der Waals surface area contributed by atoms with Crippen molar-refractivity contribution in [2.45, 2.75) is 49.4 Å². The van der Waals surface area contributed by atoms with Crippen LogP contribution in [0.5, 0.6) is 0 Å². The maximum Gasteiger partial charge on any atom is 0.339 e. The third-order valence-corrected chi connectivity index (χ3v) is 5.37. The van der Waals surface area contributed by atoms with Gasteiger partial charge < -0.3 is 0 Å². The lowest BCUT2D eigenvalue weighted by molar-refractivity contribution is 0.306. The van der Waals surface area contributed by atoms with Crippen LogP contribution in [0.3, 0.4) is 0 Å². The Labute approximate surface area is 127 Å². The number of nitriles is 1. The molecule has 0 bridgehead atoms. The van der Waals surface area contributed by atoms with Gasteiger partial charge in [-0.15, -0.1) is 0 Å². The number of aromatic amines is 1. The zero-order chi connectivity index (χ0) is 15.4. The lowest BCUT2D eigenvalue weighted by Gasteiger charge is -2.32. The number of hydrogen-bond donors (Lipinski definition) is 1. The predicted molar refractivity (Wildman–Crippen MR) is 81.1 cm³/mol. The fraction of sp³-hybridized carbons (Fsp3) is 0.714. The molecular weight excluding hydrogens is 288 g/mol. The Morgan fingerprint density at radius 3 is 2.90 bits per heavy atom. The topological polar surface area (TPSA) is 91.5 Å². The first-order chi connectivity index (χ1) is 10.0. The highest BCUT2D eigenvalue weighted by molar-refractivity contribution is 7.99.